The number of hydrogen-bond acceptors (Lipinski definition) is 5. The maximum atomic E-state index is 13.1. The van der Waals surface area contributed by atoms with Crippen LogP contribution in [0.4, 0.5) is 0 Å². The quantitative estimate of drug-likeness (QED) is 0.687. The molecule has 0 aliphatic carbocycles. The van der Waals surface area contributed by atoms with Crippen LogP contribution in [0.3, 0.4) is 0 Å². The normalized spacial score (nSPS) is 19.0. The van der Waals surface area contributed by atoms with Crippen molar-refractivity contribution in [1.82, 2.24) is 14.7 Å². The first kappa shape index (κ1) is 22.1. The van der Waals surface area contributed by atoms with Gasteiger partial charge in [0.2, 0.25) is 5.91 Å². The molecule has 2 heterocycles. The Morgan fingerprint density at radius 2 is 2.17 bits per heavy atom. The lowest BCUT2D eigenvalue weighted by Gasteiger charge is -2.41. The van der Waals surface area contributed by atoms with Crippen molar-refractivity contribution in [2.45, 2.75) is 38.8 Å². The molecule has 0 unspecified atom stereocenters. The number of ether oxygens (including phenoxy) is 2. The van der Waals surface area contributed by atoms with Gasteiger partial charge < -0.3 is 20.1 Å². The van der Waals surface area contributed by atoms with Gasteiger partial charge in [-0.25, -0.2) is 0 Å². The zero-order chi connectivity index (χ0) is 21.7. The number of primary amides is 1. The number of hydrogen-bond donors (Lipinski definition) is 1. The molecule has 9 heteroatoms. The molecule has 1 fully saturated rings. The molecule has 1 aliphatic rings. The topological polar surface area (TPSA) is 99.7 Å². The molecule has 8 nitrogen and oxygen atoms in total. The van der Waals surface area contributed by atoms with Crippen molar-refractivity contribution in [1.29, 1.82) is 0 Å². The highest BCUT2D eigenvalue weighted by Gasteiger charge is 2.41. The third kappa shape index (κ3) is 5.12. The Kier molecular flexibility index (Phi) is 6.99. The number of carbonyl (C=O) groups excluding carboxylic acids is 2. The van der Waals surface area contributed by atoms with E-state index in [0.717, 1.165) is 12.0 Å². The van der Waals surface area contributed by atoms with Crippen molar-refractivity contribution >= 4 is 23.4 Å². The molecule has 0 bridgehead atoms. The van der Waals surface area contributed by atoms with Gasteiger partial charge in [-0.3, -0.25) is 14.3 Å². The van der Waals surface area contributed by atoms with E-state index in [9.17, 15) is 9.59 Å². The van der Waals surface area contributed by atoms with Crippen molar-refractivity contribution in [3.8, 4) is 5.75 Å². The van der Waals surface area contributed by atoms with E-state index in [1.165, 1.54) is 0 Å². The van der Waals surface area contributed by atoms with Crippen LogP contribution < -0.4 is 10.5 Å². The molecule has 2 aromatic rings. The van der Waals surface area contributed by atoms with Crippen LogP contribution in [0.25, 0.3) is 0 Å². The fourth-order valence-electron chi connectivity index (χ4n) is 3.57. The summed E-state index contributed by atoms with van der Waals surface area (Å²) in [4.78, 5) is 26.6. The summed E-state index contributed by atoms with van der Waals surface area (Å²) >= 11 is 6.07. The van der Waals surface area contributed by atoms with E-state index >= 15 is 0 Å². The Bertz CT molecular complexity index is 916. The molecule has 1 aromatic carbocycles. The molecule has 0 spiro atoms. The third-order valence-corrected chi connectivity index (χ3v) is 5.46. The van der Waals surface area contributed by atoms with Gasteiger partial charge in [0.05, 0.1) is 19.6 Å². The summed E-state index contributed by atoms with van der Waals surface area (Å²) in [6, 6.07) is 7.02. The lowest BCUT2D eigenvalue weighted by Crippen LogP contribution is -2.58. The highest BCUT2D eigenvalue weighted by Crippen LogP contribution is 2.27. The molecular weight excluding hydrogens is 408 g/mol. The fraction of sp³-hybridized carbons (Fsp3) is 0.476. The summed E-state index contributed by atoms with van der Waals surface area (Å²) in [5.74, 6) is -0.0644. The zero-order valence-electron chi connectivity index (χ0n) is 17.3. The number of benzene rings is 1. The Morgan fingerprint density at radius 1 is 1.37 bits per heavy atom. The number of morpholine rings is 1. The smallest absolute Gasteiger partial charge is 0.272 e. The summed E-state index contributed by atoms with van der Waals surface area (Å²) in [7, 11) is 0. The van der Waals surface area contributed by atoms with Gasteiger partial charge in [-0.2, -0.15) is 5.10 Å². The van der Waals surface area contributed by atoms with Crippen molar-refractivity contribution in [3.05, 3.63) is 46.7 Å². The van der Waals surface area contributed by atoms with E-state index in [1.54, 1.807) is 34.0 Å². The molecule has 2 amide bonds. The van der Waals surface area contributed by atoms with Crippen LogP contribution in [0.15, 0.2) is 30.5 Å². The molecule has 1 atom stereocenters. The van der Waals surface area contributed by atoms with Crippen molar-refractivity contribution in [2.24, 2.45) is 5.73 Å². The van der Waals surface area contributed by atoms with Crippen molar-refractivity contribution < 1.29 is 19.1 Å². The molecule has 2 N–H and O–H groups in total. The van der Waals surface area contributed by atoms with E-state index in [4.69, 9.17) is 26.8 Å². The summed E-state index contributed by atoms with van der Waals surface area (Å²) in [5.41, 5.74) is 5.86. The number of aryl methyl sites for hydroxylation is 2. The minimum Gasteiger partial charge on any atom is -0.490 e. The van der Waals surface area contributed by atoms with E-state index < -0.39 is 11.5 Å². The lowest BCUT2D eigenvalue weighted by molar-refractivity contribution is -0.142. The van der Waals surface area contributed by atoms with E-state index in [1.807, 2.05) is 19.9 Å². The number of amides is 2. The van der Waals surface area contributed by atoms with Crippen LogP contribution in [0, 0.1) is 6.92 Å². The molecule has 1 saturated heterocycles. The maximum Gasteiger partial charge on any atom is 0.272 e. The van der Waals surface area contributed by atoms with E-state index in [-0.39, 0.29) is 32.1 Å². The molecule has 0 saturated carbocycles. The number of nitrogens with zero attached hydrogens (tertiary/aromatic N) is 3. The molecule has 1 aromatic heterocycles. The van der Waals surface area contributed by atoms with Gasteiger partial charge in [-0.15, -0.1) is 0 Å². The second kappa shape index (κ2) is 9.49. The van der Waals surface area contributed by atoms with Crippen LogP contribution in [-0.2, 0) is 16.1 Å². The number of halogens is 1. The minimum absolute atomic E-state index is 0.0580. The molecule has 0 radical (unpaired) electrons. The molecule has 162 valence electrons. The van der Waals surface area contributed by atoms with E-state index in [2.05, 4.69) is 5.10 Å². The minimum atomic E-state index is -1.02. The Balaban J connectivity index is 1.77. The predicted octanol–water partition coefficient (Wildman–Crippen LogP) is 2.42. The monoisotopic (exact) mass is 434 g/mol. The van der Waals surface area contributed by atoms with Gasteiger partial charge in [0.15, 0.2) is 0 Å². The highest BCUT2D eigenvalue weighted by molar-refractivity contribution is 6.31. The zero-order valence-corrected chi connectivity index (χ0v) is 18.0. The van der Waals surface area contributed by atoms with Crippen molar-refractivity contribution in [2.75, 3.05) is 26.3 Å². The Morgan fingerprint density at radius 3 is 2.87 bits per heavy atom. The highest BCUT2D eigenvalue weighted by atomic mass is 35.5. The van der Waals surface area contributed by atoms with Crippen LogP contribution in [-0.4, -0.2) is 58.4 Å². The summed E-state index contributed by atoms with van der Waals surface area (Å²) in [6.07, 6.45) is 2.43. The fourth-order valence-corrected chi connectivity index (χ4v) is 3.69. The van der Waals surface area contributed by atoms with Crippen molar-refractivity contribution in [3.63, 3.8) is 0 Å². The van der Waals surface area contributed by atoms with Crippen LogP contribution in [0.5, 0.6) is 5.75 Å². The first-order chi connectivity index (χ1) is 14.3. The SMILES string of the molecule is CCCn1nccc1C(=O)N1CCO[C@@](COc2ccc(Cl)c(C)c2)(CC(N)=O)C1. The van der Waals surface area contributed by atoms with Gasteiger partial charge in [0.25, 0.3) is 5.91 Å². The van der Waals surface area contributed by atoms with Crippen LogP contribution >= 0.6 is 11.6 Å². The van der Waals surface area contributed by atoms with Gasteiger partial charge in [0.1, 0.15) is 23.7 Å². The third-order valence-electron chi connectivity index (χ3n) is 5.03. The summed E-state index contributed by atoms with van der Waals surface area (Å²) < 4.78 is 13.6. The van der Waals surface area contributed by atoms with Crippen LogP contribution in [0.2, 0.25) is 5.02 Å². The molecule has 1 aliphatic heterocycles. The lowest BCUT2D eigenvalue weighted by atomic mass is 9.97. The summed E-state index contributed by atoms with van der Waals surface area (Å²) in [5, 5.41) is 4.87. The van der Waals surface area contributed by atoms with Gasteiger partial charge >= 0.3 is 0 Å². The van der Waals surface area contributed by atoms with Gasteiger partial charge in [-0.05, 0) is 43.2 Å². The van der Waals surface area contributed by atoms with Gasteiger partial charge in [0, 0.05) is 24.3 Å². The second-order valence-corrected chi connectivity index (χ2v) is 7.95. The Hall–Kier alpha value is -2.58. The van der Waals surface area contributed by atoms with Crippen LogP contribution in [0.1, 0.15) is 35.8 Å². The number of aromatic nitrogens is 2. The van der Waals surface area contributed by atoms with E-state index in [0.29, 0.717) is 29.6 Å². The predicted molar refractivity (Wildman–Crippen MR) is 113 cm³/mol. The maximum absolute atomic E-state index is 13.1. The van der Waals surface area contributed by atoms with Gasteiger partial charge in [-0.1, -0.05) is 18.5 Å². The molecule has 3 rings (SSSR count). The number of rotatable bonds is 8. The average Bonchev–Trinajstić information content (AvgIpc) is 3.16. The standard InChI is InChI=1S/C21H27ClN4O4/c1-3-8-26-18(6-7-24-26)20(28)25-9-10-30-21(13-25,12-19(23)27)14-29-16-4-5-17(22)15(2)11-16/h4-7,11H,3,8-10,12-14H2,1-2H3,(H2,23,27)/t21-/m0/s1. The number of nitrogens with two attached hydrogens (primary N) is 1. The first-order valence-corrected chi connectivity index (χ1v) is 10.3. The summed E-state index contributed by atoms with van der Waals surface area (Å²) in [6.45, 7) is 5.53. The largest absolute Gasteiger partial charge is 0.490 e. The number of carbonyl (C=O) groups is 2. The second-order valence-electron chi connectivity index (χ2n) is 7.54. The molecular formula is C21H27ClN4O4. The molecule has 30 heavy (non-hydrogen) atoms. The first-order valence-electron chi connectivity index (χ1n) is 9.96. The average molecular weight is 435 g/mol. The Labute approximate surface area is 180 Å².